The van der Waals surface area contributed by atoms with E-state index in [1.165, 1.54) is 0 Å². The van der Waals surface area contributed by atoms with Gasteiger partial charge in [-0.05, 0) is 5.54 Å². The van der Waals surface area contributed by atoms with Crippen LogP contribution in [0.3, 0.4) is 0 Å². The number of hydrogen-bond acceptors (Lipinski definition) is 0. The third kappa shape index (κ3) is 1.74. The van der Waals surface area contributed by atoms with Gasteiger partial charge in [0.25, 0.3) is 0 Å². The zero-order chi connectivity index (χ0) is 7.56. The van der Waals surface area contributed by atoms with Crippen molar-refractivity contribution in [2.24, 2.45) is 0 Å². The maximum atomic E-state index is 6.26. The summed E-state index contributed by atoms with van der Waals surface area (Å²) >= 11 is 6.26. The van der Waals surface area contributed by atoms with Crippen LogP contribution in [0.4, 0.5) is 0 Å². The first kappa shape index (κ1) is 8.09. The van der Waals surface area contributed by atoms with Crippen molar-refractivity contribution in [3.05, 3.63) is 24.3 Å². The Morgan fingerprint density at radius 1 is 1.30 bits per heavy atom. The van der Waals surface area contributed by atoms with E-state index < -0.39 is 8.11 Å². The van der Waals surface area contributed by atoms with E-state index in [4.69, 9.17) is 11.1 Å². The standard InChI is InChI=1S/C8H13ClSi/c1-7(2)10(9)8-5-3-4-6-8/h3-8,10H,1-2H3. The molecule has 0 radical (unpaired) electrons. The van der Waals surface area contributed by atoms with Crippen molar-refractivity contribution in [2.75, 3.05) is 0 Å². The molecule has 1 aliphatic carbocycles. The summed E-state index contributed by atoms with van der Waals surface area (Å²) in [6.07, 6.45) is 8.61. The summed E-state index contributed by atoms with van der Waals surface area (Å²) in [4.78, 5) is 0. The van der Waals surface area contributed by atoms with E-state index in [1.54, 1.807) is 0 Å². The highest BCUT2D eigenvalue weighted by Gasteiger charge is 2.20. The lowest BCUT2D eigenvalue weighted by Gasteiger charge is -2.14. The van der Waals surface area contributed by atoms with E-state index >= 15 is 0 Å². The van der Waals surface area contributed by atoms with Crippen molar-refractivity contribution in [2.45, 2.75) is 24.9 Å². The number of halogens is 1. The van der Waals surface area contributed by atoms with Crippen molar-refractivity contribution in [3.8, 4) is 0 Å². The molecule has 0 aromatic heterocycles. The van der Waals surface area contributed by atoms with Gasteiger partial charge in [-0.25, -0.2) is 0 Å². The van der Waals surface area contributed by atoms with E-state index in [0.29, 0.717) is 11.1 Å². The summed E-state index contributed by atoms with van der Waals surface area (Å²) in [5.74, 6) is 0. The van der Waals surface area contributed by atoms with Crippen LogP contribution in [-0.4, -0.2) is 8.11 Å². The second kappa shape index (κ2) is 3.40. The van der Waals surface area contributed by atoms with E-state index in [-0.39, 0.29) is 0 Å². The fraction of sp³-hybridized carbons (Fsp3) is 0.500. The molecule has 1 unspecified atom stereocenters. The molecule has 10 heavy (non-hydrogen) atoms. The SMILES string of the molecule is CC(C)[SiH](Cl)C1C=CC=C1. The Morgan fingerprint density at radius 2 is 1.80 bits per heavy atom. The van der Waals surface area contributed by atoms with Crippen molar-refractivity contribution in [3.63, 3.8) is 0 Å². The Hall–Kier alpha value is -0.0131. The molecule has 0 bridgehead atoms. The van der Waals surface area contributed by atoms with Gasteiger partial charge in [0.1, 0.15) is 0 Å². The average Bonchev–Trinajstić information content (AvgIpc) is 2.36. The lowest BCUT2D eigenvalue weighted by Crippen LogP contribution is -2.13. The quantitative estimate of drug-likeness (QED) is 0.444. The van der Waals surface area contributed by atoms with Gasteiger partial charge in [0.15, 0.2) is 8.11 Å². The lowest BCUT2D eigenvalue weighted by atomic mass is 10.5. The largest absolute Gasteiger partial charge is 0.170 e. The van der Waals surface area contributed by atoms with Crippen LogP contribution in [0.5, 0.6) is 0 Å². The molecule has 0 nitrogen and oxygen atoms in total. The molecular formula is C8H13ClSi. The molecule has 0 saturated heterocycles. The summed E-state index contributed by atoms with van der Waals surface area (Å²) < 4.78 is 0. The van der Waals surface area contributed by atoms with Gasteiger partial charge in [-0.15, -0.1) is 0 Å². The summed E-state index contributed by atoms with van der Waals surface area (Å²) in [6, 6.07) is 0. The molecule has 1 rings (SSSR count). The van der Waals surface area contributed by atoms with Crippen LogP contribution in [0, 0.1) is 0 Å². The predicted octanol–water partition coefficient (Wildman–Crippen LogP) is 2.86. The second-order valence-corrected chi connectivity index (χ2v) is 7.54. The molecule has 0 heterocycles. The van der Waals surface area contributed by atoms with Crippen molar-refractivity contribution >= 4 is 19.2 Å². The van der Waals surface area contributed by atoms with Crippen LogP contribution in [-0.2, 0) is 0 Å². The highest BCUT2D eigenvalue weighted by atomic mass is 35.6. The minimum absolute atomic E-state index is 0.599. The number of allylic oxidation sites excluding steroid dienone is 4. The summed E-state index contributed by atoms with van der Waals surface area (Å²) in [5.41, 5.74) is 1.29. The van der Waals surface area contributed by atoms with Crippen LogP contribution in [0.1, 0.15) is 13.8 Å². The van der Waals surface area contributed by atoms with Crippen LogP contribution in [0.2, 0.25) is 11.1 Å². The molecule has 0 N–H and O–H groups in total. The first-order valence-corrected chi connectivity index (χ1v) is 6.79. The second-order valence-electron chi connectivity index (χ2n) is 3.04. The summed E-state index contributed by atoms with van der Waals surface area (Å²) in [6.45, 7) is 4.42. The summed E-state index contributed by atoms with van der Waals surface area (Å²) in [7, 11) is -1.03. The molecule has 0 amide bonds. The van der Waals surface area contributed by atoms with Crippen LogP contribution in [0.15, 0.2) is 24.3 Å². The van der Waals surface area contributed by atoms with E-state index in [0.717, 1.165) is 0 Å². The molecule has 0 spiro atoms. The van der Waals surface area contributed by atoms with Gasteiger partial charge in [-0.3, -0.25) is 0 Å². The van der Waals surface area contributed by atoms with Crippen LogP contribution in [0.25, 0.3) is 0 Å². The van der Waals surface area contributed by atoms with Gasteiger partial charge < -0.3 is 0 Å². The van der Waals surface area contributed by atoms with Crippen LogP contribution < -0.4 is 0 Å². The Morgan fingerprint density at radius 3 is 2.20 bits per heavy atom. The normalized spacial score (nSPS) is 20.8. The Balaban J connectivity index is 2.49. The van der Waals surface area contributed by atoms with E-state index in [1.807, 2.05) is 0 Å². The molecule has 1 atom stereocenters. The summed E-state index contributed by atoms with van der Waals surface area (Å²) in [5, 5.41) is 0. The van der Waals surface area contributed by atoms with Gasteiger partial charge >= 0.3 is 0 Å². The van der Waals surface area contributed by atoms with E-state index in [9.17, 15) is 0 Å². The van der Waals surface area contributed by atoms with Crippen molar-refractivity contribution in [1.29, 1.82) is 0 Å². The highest BCUT2D eigenvalue weighted by molar-refractivity contribution is 7.08. The maximum Gasteiger partial charge on any atom is 0.154 e. The van der Waals surface area contributed by atoms with Gasteiger partial charge in [0.2, 0.25) is 0 Å². The third-order valence-electron chi connectivity index (χ3n) is 1.78. The monoisotopic (exact) mass is 172 g/mol. The molecule has 0 aromatic rings. The topological polar surface area (TPSA) is 0 Å². The molecule has 0 saturated carbocycles. The van der Waals surface area contributed by atoms with Gasteiger partial charge in [-0.1, -0.05) is 38.2 Å². The number of rotatable bonds is 2. The molecule has 1 aliphatic rings. The Labute approximate surface area is 68.9 Å². The van der Waals surface area contributed by atoms with Gasteiger partial charge in [0, 0.05) is 5.54 Å². The minimum Gasteiger partial charge on any atom is -0.170 e. The molecule has 0 aliphatic heterocycles. The fourth-order valence-corrected chi connectivity index (χ4v) is 3.18. The average molecular weight is 173 g/mol. The third-order valence-corrected chi connectivity index (χ3v) is 6.62. The molecule has 2 heteroatoms. The van der Waals surface area contributed by atoms with Crippen LogP contribution >= 0.6 is 11.1 Å². The fourth-order valence-electron chi connectivity index (χ4n) is 1.11. The lowest BCUT2D eigenvalue weighted by molar-refractivity contribution is 1.03. The van der Waals surface area contributed by atoms with Crippen molar-refractivity contribution in [1.82, 2.24) is 0 Å². The first-order chi connectivity index (χ1) is 4.72. The zero-order valence-corrected chi connectivity index (χ0v) is 8.33. The predicted molar refractivity (Wildman–Crippen MR) is 50.1 cm³/mol. The first-order valence-electron chi connectivity index (χ1n) is 3.71. The Bertz CT molecular complexity index is 149. The molecule has 0 aromatic carbocycles. The minimum atomic E-state index is -1.03. The van der Waals surface area contributed by atoms with Gasteiger partial charge in [-0.2, -0.15) is 11.1 Å². The smallest absolute Gasteiger partial charge is 0.154 e. The molecular weight excluding hydrogens is 160 g/mol. The zero-order valence-electron chi connectivity index (χ0n) is 6.42. The number of hydrogen-bond donors (Lipinski definition) is 0. The molecule has 56 valence electrons. The van der Waals surface area contributed by atoms with E-state index in [2.05, 4.69) is 38.2 Å². The Kier molecular flexibility index (Phi) is 2.75. The van der Waals surface area contributed by atoms with Crippen molar-refractivity contribution < 1.29 is 0 Å². The maximum absolute atomic E-state index is 6.26. The highest BCUT2D eigenvalue weighted by Crippen LogP contribution is 2.28. The molecule has 0 fully saturated rings. The van der Waals surface area contributed by atoms with Gasteiger partial charge in [0.05, 0.1) is 0 Å².